The van der Waals surface area contributed by atoms with E-state index in [1.807, 2.05) is 11.8 Å². The Morgan fingerprint density at radius 3 is 2.88 bits per heavy atom. The molecule has 24 heavy (non-hydrogen) atoms. The number of amides is 1. The maximum atomic E-state index is 12.8. The van der Waals surface area contributed by atoms with Crippen LogP contribution in [0.1, 0.15) is 35.6 Å². The van der Waals surface area contributed by atoms with Crippen LogP contribution in [0, 0.1) is 0 Å². The van der Waals surface area contributed by atoms with Gasteiger partial charge in [0.05, 0.1) is 20.3 Å². The molecule has 1 aliphatic rings. The van der Waals surface area contributed by atoms with Crippen LogP contribution >= 0.6 is 0 Å². The van der Waals surface area contributed by atoms with E-state index in [-0.39, 0.29) is 17.8 Å². The third-order valence-corrected chi connectivity index (χ3v) is 4.28. The van der Waals surface area contributed by atoms with E-state index in [4.69, 9.17) is 9.47 Å². The van der Waals surface area contributed by atoms with Crippen LogP contribution in [-0.2, 0) is 6.42 Å². The van der Waals surface area contributed by atoms with Gasteiger partial charge in [-0.3, -0.25) is 4.79 Å². The smallest absolute Gasteiger partial charge is 0.259 e. The second-order valence-electron chi connectivity index (χ2n) is 5.61. The number of carbonyl (C=O) groups excluding carboxylic acids is 1. The third kappa shape index (κ3) is 2.91. The minimum atomic E-state index is -0.0874. The minimum absolute atomic E-state index is 0.0874. The summed E-state index contributed by atoms with van der Waals surface area (Å²) < 4.78 is 12.4. The second kappa shape index (κ2) is 6.86. The van der Waals surface area contributed by atoms with E-state index in [9.17, 15) is 4.79 Å². The van der Waals surface area contributed by atoms with Gasteiger partial charge in [0.2, 0.25) is 11.8 Å². The molecule has 3 rings (SSSR count). The molecule has 2 aromatic rings. The largest absolute Gasteiger partial charge is 0.481 e. The molecule has 3 heterocycles. The van der Waals surface area contributed by atoms with Gasteiger partial charge in [-0.1, -0.05) is 6.92 Å². The highest BCUT2D eigenvalue weighted by molar-refractivity contribution is 5.96. The van der Waals surface area contributed by atoms with E-state index in [1.165, 1.54) is 14.2 Å². The highest BCUT2D eigenvalue weighted by Crippen LogP contribution is 2.27. The number of nitrogens with zero attached hydrogens (tertiary/aromatic N) is 5. The molecule has 0 saturated carbocycles. The Bertz CT molecular complexity index is 730. The first-order chi connectivity index (χ1) is 11.7. The molecule has 0 aliphatic carbocycles. The van der Waals surface area contributed by atoms with Crippen molar-refractivity contribution >= 4 is 5.91 Å². The molecule has 8 nitrogen and oxygen atoms in total. The number of hydrogen-bond donors (Lipinski definition) is 0. The topological polar surface area (TPSA) is 82.4 Å². The molecule has 1 unspecified atom stereocenters. The Morgan fingerprint density at radius 2 is 2.17 bits per heavy atom. The summed E-state index contributed by atoms with van der Waals surface area (Å²) in [5, 5.41) is 8.10. The van der Waals surface area contributed by atoms with Crippen molar-refractivity contribution in [2.75, 3.05) is 27.3 Å². The molecule has 128 valence electrons. The van der Waals surface area contributed by atoms with Crippen LogP contribution in [0.3, 0.4) is 0 Å². The fraction of sp³-hybridized carbons (Fsp3) is 0.500. The van der Waals surface area contributed by atoms with E-state index < -0.39 is 0 Å². The van der Waals surface area contributed by atoms with Crippen molar-refractivity contribution < 1.29 is 14.3 Å². The van der Waals surface area contributed by atoms with Crippen molar-refractivity contribution in [3.63, 3.8) is 0 Å². The van der Waals surface area contributed by atoms with Gasteiger partial charge in [-0.05, 0) is 12.5 Å². The van der Waals surface area contributed by atoms with Crippen molar-refractivity contribution in [1.82, 2.24) is 24.6 Å². The number of pyridine rings is 1. The summed E-state index contributed by atoms with van der Waals surface area (Å²) in [6.45, 7) is 3.35. The summed E-state index contributed by atoms with van der Waals surface area (Å²) in [6, 6.07) is 3.56. The second-order valence-corrected chi connectivity index (χ2v) is 5.61. The van der Waals surface area contributed by atoms with Gasteiger partial charge in [-0.2, -0.15) is 4.98 Å². The average Bonchev–Trinajstić information content (AvgIpc) is 3.28. The maximum Gasteiger partial charge on any atom is 0.259 e. The maximum absolute atomic E-state index is 12.8. The average molecular weight is 331 g/mol. The first-order valence-corrected chi connectivity index (χ1v) is 7.94. The summed E-state index contributed by atoms with van der Waals surface area (Å²) in [6.07, 6.45) is 3.44. The Hall–Kier alpha value is -2.64. The summed E-state index contributed by atoms with van der Waals surface area (Å²) >= 11 is 0. The van der Waals surface area contributed by atoms with Crippen LogP contribution in [0.2, 0.25) is 0 Å². The molecule has 1 fully saturated rings. The monoisotopic (exact) mass is 331 g/mol. The molecule has 0 bridgehead atoms. The molecule has 0 radical (unpaired) electrons. The highest BCUT2D eigenvalue weighted by atomic mass is 16.5. The number of likely N-dealkylation sites (tertiary alicyclic amines) is 1. The van der Waals surface area contributed by atoms with Crippen molar-refractivity contribution in [2.45, 2.75) is 25.8 Å². The van der Waals surface area contributed by atoms with Crippen molar-refractivity contribution in [3.8, 4) is 11.8 Å². The SMILES string of the molecule is CCc1nncn1C1CCN(C(=O)c2ccc(OC)nc2OC)C1. The first-order valence-electron chi connectivity index (χ1n) is 7.94. The zero-order valence-corrected chi connectivity index (χ0v) is 14.1. The normalized spacial score (nSPS) is 17.1. The van der Waals surface area contributed by atoms with Crippen molar-refractivity contribution in [1.29, 1.82) is 0 Å². The molecule has 2 aromatic heterocycles. The molecule has 0 spiro atoms. The number of carbonyl (C=O) groups is 1. The predicted octanol–water partition coefficient (Wildman–Crippen LogP) is 1.34. The lowest BCUT2D eigenvalue weighted by Crippen LogP contribution is -2.29. The first kappa shape index (κ1) is 16.2. The molecule has 0 N–H and O–H groups in total. The van der Waals surface area contributed by atoms with E-state index in [0.29, 0.717) is 24.5 Å². The van der Waals surface area contributed by atoms with Crippen LogP contribution in [0.25, 0.3) is 0 Å². The van der Waals surface area contributed by atoms with Gasteiger partial charge in [0, 0.05) is 25.6 Å². The minimum Gasteiger partial charge on any atom is -0.481 e. The molecule has 1 amide bonds. The van der Waals surface area contributed by atoms with E-state index in [0.717, 1.165) is 18.7 Å². The summed E-state index contributed by atoms with van der Waals surface area (Å²) in [5.74, 6) is 1.55. The van der Waals surface area contributed by atoms with E-state index in [2.05, 4.69) is 19.7 Å². The summed E-state index contributed by atoms with van der Waals surface area (Å²) in [5.41, 5.74) is 0.443. The van der Waals surface area contributed by atoms with Gasteiger partial charge in [-0.15, -0.1) is 10.2 Å². The van der Waals surface area contributed by atoms with Crippen molar-refractivity contribution in [2.24, 2.45) is 0 Å². The van der Waals surface area contributed by atoms with Gasteiger partial charge in [-0.25, -0.2) is 0 Å². The lowest BCUT2D eigenvalue weighted by Gasteiger charge is -2.18. The van der Waals surface area contributed by atoms with Crippen LogP contribution in [0.4, 0.5) is 0 Å². The lowest BCUT2D eigenvalue weighted by molar-refractivity contribution is 0.0783. The molecule has 1 saturated heterocycles. The van der Waals surface area contributed by atoms with Crippen molar-refractivity contribution in [3.05, 3.63) is 29.8 Å². The fourth-order valence-electron chi connectivity index (χ4n) is 3.00. The Morgan fingerprint density at radius 1 is 1.33 bits per heavy atom. The standard InChI is InChI=1S/C16H21N5O3/c1-4-13-19-17-10-21(13)11-7-8-20(9-11)16(22)12-5-6-14(23-2)18-15(12)24-3/h5-6,10-11H,4,7-9H2,1-3H3. The molecule has 0 aromatic carbocycles. The highest BCUT2D eigenvalue weighted by Gasteiger charge is 2.30. The molecule has 8 heteroatoms. The Kier molecular flexibility index (Phi) is 4.64. The number of hydrogen-bond acceptors (Lipinski definition) is 6. The van der Waals surface area contributed by atoms with Crippen LogP contribution < -0.4 is 9.47 Å². The quantitative estimate of drug-likeness (QED) is 0.822. The number of methoxy groups -OCH3 is 2. The molecular formula is C16H21N5O3. The Labute approximate surface area is 140 Å². The number of aryl methyl sites for hydroxylation is 1. The zero-order chi connectivity index (χ0) is 17.1. The van der Waals surface area contributed by atoms with Gasteiger partial charge < -0.3 is 18.9 Å². The fourth-order valence-corrected chi connectivity index (χ4v) is 3.00. The molecular weight excluding hydrogens is 310 g/mol. The van der Waals surface area contributed by atoms with Gasteiger partial charge >= 0.3 is 0 Å². The van der Waals surface area contributed by atoms with E-state index >= 15 is 0 Å². The lowest BCUT2D eigenvalue weighted by atomic mass is 10.2. The van der Waals surface area contributed by atoms with Crippen LogP contribution in [0.15, 0.2) is 18.5 Å². The number of rotatable bonds is 5. The van der Waals surface area contributed by atoms with Gasteiger partial charge in [0.1, 0.15) is 17.7 Å². The molecule has 1 atom stereocenters. The van der Waals surface area contributed by atoms with Crippen LogP contribution in [0.5, 0.6) is 11.8 Å². The summed E-state index contributed by atoms with van der Waals surface area (Å²) in [7, 11) is 3.02. The molecule has 1 aliphatic heterocycles. The zero-order valence-electron chi connectivity index (χ0n) is 14.1. The van der Waals surface area contributed by atoms with Gasteiger partial charge in [0.15, 0.2) is 0 Å². The Balaban J connectivity index is 1.77. The van der Waals surface area contributed by atoms with Crippen LogP contribution in [-0.4, -0.2) is 57.9 Å². The number of aromatic nitrogens is 4. The third-order valence-electron chi connectivity index (χ3n) is 4.28. The van der Waals surface area contributed by atoms with Gasteiger partial charge in [0.25, 0.3) is 5.91 Å². The number of ether oxygens (including phenoxy) is 2. The van der Waals surface area contributed by atoms with E-state index in [1.54, 1.807) is 18.5 Å². The predicted molar refractivity (Wildman–Crippen MR) is 86.3 cm³/mol. The summed E-state index contributed by atoms with van der Waals surface area (Å²) in [4.78, 5) is 18.8.